The molecule has 1 saturated heterocycles. The Hall–Kier alpha value is -2.63. The zero-order chi connectivity index (χ0) is 17.6. The van der Waals surface area contributed by atoms with Crippen LogP contribution < -0.4 is 5.32 Å². The minimum Gasteiger partial charge on any atom is -0.343 e. The molecule has 1 N–H and O–H groups in total. The van der Waals surface area contributed by atoms with E-state index >= 15 is 0 Å². The second kappa shape index (κ2) is 7.96. The maximum atomic E-state index is 12.5. The molecule has 2 heterocycles. The molecular weight excluding hydrogens is 316 g/mol. The van der Waals surface area contributed by atoms with Crippen LogP contribution in [0.15, 0.2) is 36.5 Å². The predicted octanol–water partition coefficient (Wildman–Crippen LogP) is 1.85. The average molecular weight is 340 g/mol. The van der Waals surface area contributed by atoms with Crippen LogP contribution in [0, 0.1) is 0 Å². The standard InChI is InChI=1S/C19H24N4O2/c1-2-17-16(12-21-23(17)14-15-8-4-3-5-9-15)19(25)20-13-18(24)22-10-6-7-11-22/h3-5,8-9,12H,2,6-7,10-11,13-14H2,1H3,(H,20,25). The van der Waals surface area contributed by atoms with Crippen molar-refractivity contribution < 1.29 is 9.59 Å². The molecule has 1 aliphatic heterocycles. The second-order valence-corrected chi connectivity index (χ2v) is 6.27. The van der Waals surface area contributed by atoms with E-state index in [-0.39, 0.29) is 18.4 Å². The first-order valence-electron chi connectivity index (χ1n) is 8.83. The molecule has 6 nitrogen and oxygen atoms in total. The summed E-state index contributed by atoms with van der Waals surface area (Å²) in [4.78, 5) is 26.4. The summed E-state index contributed by atoms with van der Waals surface area (Å²) in [7, 11) is 0. The lowest BCUT2D eigenvalue weighted by Gasteiger charge is -2.15. The SMILES string of the molecule is CCc1c(C(=O)NCC(=O)N2CCCC2)cnn1Cc1ccccc1. The molecule has 1 fully saturated rings. The van der Waals surface area contributed by atoms with Gasteiger partial charge in [0.1, 0.15) is 0 Å². The third-order valence-electron chi connectivity index (χ3n) is 4.56. The smallest absolute Gasteiger partial charge is 0.255 e. The van der Waals surface area contributed by atoms with Crippen LogP contribution in [-0.2, 0) is 17.8 Å². The van der Waals surface area contributed by atoms with Crippen LogP contribution >= 0.6 is 0 Å². The van der Waals surface area contributed by atoms with Crippen molar-refractivity contribution in [1.29, 1.82) is 0 Å². The van der Waals surface area contributed by atoms with Gasteiger partial charge >= 0.3 is 0 Å². The molecule has 1 aromatic carbocycles. The van der Waals surface area contributed by atoms with E-state index in [0.717, 1.165) is 37.2 Å². The fourth-order valence-corrected chi connectivity index (χ4v) is 3.20. The van der Waals surface area contributed by atoms with Gasteiger partial charge in [-0.2, -0.15) is 5.10 Å². The number of amides is 2. The molecule has 0 radical (unpaired) electrons. The zero-order valence-electron chi connectivity index (χ0n) is 14.6. The second-order valence-electron chi connectivity index (χ2n) is 6.27. The van der Waals surface area contributed by atoms with E-state index in [4.69, 9.17) is 0 Å². The Bertz CT molecular complexity index is 733. The Balaban J connectivity index is 1.65. The van der Waals surface area contributed by atoms with Crippen molar-refractivity contribution in [3.05, 3.63) is 53.3 Å². The molecule has 0 aliphatic carbocycles. The van der Waals surface area contributed by atoms with Crippen LogP contribution in [0.3, 0.4) is 0 Å². The number of aromatic nitrogens is 2. The van der Waals surface area contributed by atoms with Gasteiger partial charge in [0.15, 0.2) is 0 Å². The van der Waals surface area contributed by atoms with Crippen molar-refractivity contribution in [1.82, 2.24) is 20.0 Å². The van der Waals surface area contributed by atoms with Gasteiger partial charge in [-0.3, -0.25) is 14.3 Å². The van der Waals surface area contributed by atoms with Gasteiger partial charge in [-0.15, -0.1) is 0 Å². The summed E-state index contributed by atoms with van der Waals surface area (Å²) in [6.45, 7) is 4.27. The Kier molecular flexibility index (Phi) is 5.48. The van der Waals surface area contributed by atoms with E-state index in [1.54, 1.807) is 11.1 Å². The largest absolute Gasteiger partial charge is 0.343 e. The van der Waals surface area contributed by atoms with Gasteiger partial charge in [0.05, 0.1) is 30.5 Å². The van der Waals surface area contributed by atoms with Crippen molar-refractivity contribution in [3.63, 3.8) is 0 Å². The molecule has 0 spiro atoms. The first kappa shape index (κ1) is 17.2. The Labute approximate surface area is 147 Å². The highest BCUT2D eigenvalue weighted by atomic mass is 16.2. The van der Waals surface area contributed by atoms with E-state index < -0.39 is 0 Å². The summed E-state index contributed by atoms with van der Waals surface area (Å²) < 4.78 is 1.85. The minimum absolute atomic E-state index is 0.0134. The van der Waals surface area contributed by atoms with Gasteiger partial charge in [-0.05, 0) is 24.8 Å². The predicted molar refractivity (Wildman–Crippen MR) is 95.3 cm³/mol. The average Bonchev–Trinajstić information content (AvgIpc) is 3.30. The van der Waals surface area contributed by atoms with Crippen LogP contribution in [0.4, 0.5) is 0 Å². The lowest BCUT2D eigenvalue weighted by atomic mass is 10.1. The fourth-order valence-electron chi connectivity index (χ4n) is 3.20. The maximum Gasteiger partial charge on any atom is 0.255 e. The summed E-state index contributed by atoms with van der Waals surface area (Å²) in [5.74, 6) is -0.246. The number of likely N-dealkylation sites (tertiary alicyclic amines) is 1. The molecule has 2 aromatic rings. The number of benzene rings is 1. The van der Waals surface area contributed by atoms with Crippen molar-refractivity contribution in [2.24, 2.45) is 0 Å². The van der Waals surface area contributed by atoms with Gasteiger partial charge in [0.25, 0.3) is 5.91 Å². The number of nitrogens with zero attached hydrogens (tertiary/aromatic N) is 3. The number of hydrogen-bond donors (Lipinski definition) is 1. The highest BCUT2D eigenvalue weighted by Crippen LogP contribution is 2.13. The quantitative estimate of drug-likeness (QED) is 0.873. The molecular formula is C19H24N4O2. The van der Waals surface area contributed by atoms with E-state index in [9.17, 15) is 9.59 Å². The van der Waals surface area contributed by atoms with E-state index in [1.165, 1.54) is 0 Å². The molecule has 0 bridgehead atoms. The lowest BCUT2D eigenvalue weighted by Crippen LogP contribution is -2.38. The molecule has 2 amide bonds. The zero-order valence-corrected chi connectivity index (χ0v) is 14.6. The highest BCUT2D eigenvalue weighted by molar-refractivity contribution is 5.97. The van der Waals surface area contributed by atoms with Gasteiger partial charge in [-0.1, -0.05) is 37.3 Å². The molecule has 3 rings (SSSR count). The number of carbonyl (C=O) groups is 2. The number of carbonyl (C=O) groups excluding carboxylic acids is 2. The number of hydrogen-bond acceptors (Lipinski definition) is 3. The highest BCUT2D eigenvalue weighted by Gasteiger charge is 2.20. The third kappa shape index (κ3) is 4.07. The summed E-state index contributed by atoms with van der Waals surface area (Å²) in [6.07, 6.45) is 4.39. The van der Waals surface area contributed by atoms with Crippen molar-refractivity contribution in [2.75, 3.05) is 19.6 Å². The third-order valence-corrected chi connectivity index (χ3v) is 4.56. The molecule has 0 saturated carbocycles. The first-order valence-corrected chi connectivity index (χ1v) is 8.83. The number of rotatable bonds is 6. The molecule has 0 unspecified atom stereocenters. The van der Waals surface area contributed by atoms with E-state index in [2.05, 4.69) is 10.4 Å². The molecule has 6 heteroatoms. The summed E-state index contributed by atoms with van der Waals surface area (Å²) in [5, 5.41) is 7.11. The van der Waals surface area contributed by atoms with Crippen LogP contribution in [0.5, 0.6) is 0 Å². The van der Waals surface area contributed by atoms with Crippen LogP contribution in [0.25, 0.3) is 0 Å². The molecule has 0 atom stereocenters. The lowest BCUT2D eigenvalue weighted by molar-refractivity contribution is -0.129. The molecule has 132 valence electrons. The Morgan fingerprint density at radius 3 is 2.56 bits per heavy atom. The molecule has 25 heavy (non-hydrogen) atoms. The Morgan fingerprint density at radius 1 is 1.16 bits per heavy atom. The van der Waals surface area contributed by atoms with Crippen LogP contribution in [0.2, 0.25) is 0 Å². The van der Waals surface area contributed by atoms with Crippen molar-refractivity contribution >= 4 is 11.8 Å². The maximum absolute atomic E-state index is 12.5. The topological polar surface area (TPSA) is 67.2 Å². The van der Waals surface area contributed by atoms with Gasteiger partial charge in [0.2, 0.25) is 5.91 Å². The van der Waals surface area contributed by atoms with Crippen LogP contribution in [-0.4, -0.2) is 46.1 Å². The normalized spacial score (nSPS) is 13.9. The molecule has 1 aromatic heterocycles. The number of nitrogens with one attached hydrogen (secondary N) is 1. The summed E-state index contributed by atoms with van der Waals surface area (Å²) in [5.41, 5.74) is 2.57. The first-order chi connectivity index (χ1) is 12.2. The minimum atomic E-state index is -0.233. The summed E-state index contributed by atoms with van der Waals surface area (Å²) in [6, 6.07) is 10.0. The monoisotopic (exact) mass is 340 g/mol. The van der Waals surface area contributed by atoms with E-state index in [1.807, 2.05) is 41.9 Å². The summed E-state index contributed by atoms with van der Waals surface area (Å²) >= 11 is 0. The van der Waals surface area contributed by atoms with Gasteiger partial charge in [-0.25, -0.2) is 0 Å². The van der Waals surface area contributed by atoms with Crippen LogP contribution in [0.1, 0.15) is 41.4 Å². The molecule has 1 aliphatic rings. The van der Waals surface area contributed by atoms with Gasteiger partial charge < -0.3 is 10.2 Å². The van der Waals surface area contributed by atoms with Crippen molar-refractivity contribution in [2.45, 2.75) is 32.7 Å². The van der Waals surface area contributed by atoms with E-state index in [0.29, 0.717) is 18.5 Å². The fraction of sp³-hybridized carbons (Fsp3) is 0.421. The van der Waals surface area contributed by atoms with Crippen molar-refractivity contribution in [3.8, 4) is 0 Å². The van der Waals surface area contributed by atoms with Gasteiger partial charge in [0, 0.05) is 13.1 Å². The Morgan fingerprint density at radius 2 is 1.88 bits per heavy atom.